The zero-order valence-corrected chi connectivity index (χ0v) is 10.9. The summed E-state index contributed by atoms with van der Waals surface area (Å²) in [4.78, 5) is 0. The summed E-state index contributed by atoms with van der Waals surface area (Å²) in [6.07, 6.45) is 1.67. The molecule has 17 heavy (non-hydrogen) atoms. The van der Waals surface area contributed by atoms with Gasteiger partial charge in [-0.3, -0.25) is 0 Å². The van der Waals surface area contributed by atoms with Crippen LogP contribution in [0, 0.1) is 0 Å². The number of rotatable bonds is 5. The summed E-state index contributed by atoms with van der Waals surface area (Å²) in [6.45, 7) is 1.54. The summed E-state index contributed by atoms with van der Waals surface area (Å²) in [7, 11) is 0. The zero-order valence-electron chi connectivity index (χ0n) is 9.36. The maximum atomic E-state index is 5.55. The van der Waals surface area contributed by atoms with Crippen molar-refractivity contribution in [3.8, 4) is 0 Å². The van der Waals surface area contributed by atoms with Gasteiger partial charge in [-0.05, 0) is 23.8 Å². The van der Waals surface area contributed by atoms with Crippen LogP contribution in [0.25, 0.3) is 0 Å². The predicted molar refractivity (Wildman–Crippen MR) is 69.2 cm³/mol. The number of nitrogens with two attached hydrogens (primary N) is 1. The molecule has 0 atom stereocenters. The van der Waals surface area contributed by atoms with Crippen molar-refractivity contribution < 1.29 is 9.15 Å². The Labute approximate surface area is 109 Å². The lowest BCUT2D eigenvalue weighted by atomic mass is 10.2. The molecule has 1 heterocycles. The van der Waals surface area contributed by atoms with E-state index in [1.807, 2.05) is 30.3 Å². The molecule has 1 aromatic carbocycles. The average Bonchev–Trinajstić information content (AvgIpc) is 2.80. The van der Waals surface area contributed by atoms with E-state index in [4.69, 9.17) is 14.9 Å². The van der Waals surface area contributed by atoms with E-state index < -0.39 is 0 Å². The Balaban J connectivity index is 1.81. The van der Waals surface area contributed by atoms with Crippen LogP contribution in [0.15, 0.2) is 45.5 Å². The van der Waals surface area contributed by atoms with E-state index >= 15 is 0 Å². The van der Waals surface area contributed by atoms with Crippen LogP contribution in [0.1, 0.15) is 16.9 Å². The van der Waals surface area contributed by atoms with Crippen molar-refractivity contribution in [3.05, 3.63) is 58.0 Å². The molecule has 0 saturated heterocycles. The van der Waals surface area contributed by atoms with E-state index in [0.29, 0.717) is 19.8 Å². The first-order chi connectivity index (χ1) is 8.28. The molecule has 0 unspecified atom stereocenters. The molecule has 4 heteroatoms. The number of furan rings is 1. The minimum Gasteiger partial charge on any atom is -0.467 e. The highest BCUT2D eigenvalue weighted by Crippen LogP contribution is 2.13. The summed E-state index contributed by atoms with van der Waals surface area (Å²) in [5.41, 5.74) is 7.62. The normalized spacial score (nSPS) is 10.7. The van der Waals surface area contributed by atoms with Gasteiger partial charge in [-0.15, -0.1) is 0 Å². The van der Waals surface area contributed by atoms with E-state index in [1.165, 1.54) is 0 Å². The van der Waals surface area contributed by atoms with Crippen LogP contribution in [0.4, 0.5) is 0 Å². The molecule has 0 saturated carbocycles. The second-order valence-corrected chi connectivity index (χ2v) is 4.66. The van der Waals surface area contributed by atoms with E-state index in [9.17, 15) is 0 Å². The van der Waals surface area contributed by atoms with Crippen molar-refractivity contribution in [3.63, 3.8) is 0 Å². The number of hydrogen-bond donors (Lipinski definition) is 1. The molecule has 0 aliphatic carbocycles. The lowest BCUT2D eigenvalue weighted by Gasteiger charge is -2.02. The first-order valence-electron chi connectivity index (χ1n) is 5.36. The second-order valence-electron chi connectivity index (χ2n) is 3.74. The predicted octanol–water partition coefficient (Wildman–Crippen LogP) is 3.22. The molecular weight excluding hydrogens is 282 g/mol. The van der Waals surface area contributed by atoms with Gasteiger partial charge in [0.15, 0.2) is 0 Å². The fraction of sp³-hybridized carbons (Fsp3) is 0.231. The van der Waals surface area contributed by atoms with Crippen molar-refractivity contribution in [1.82, 2.24) is 0 Å². The van der Waals surface area contributed by atoms with Crippen molar-refractivity contribution in [2.24, 2.45) is 5.73 Å². The SMILES string of the molecule is NCc1coc(COCc2ccc(Br)cc2)c1. The zero-order chi connectivity index (χ0) is 12.1. The molecule has 0 bridgehead atoms. The van der Waals surface area contributed by atoms with E-state index in [0.717, 1.165) is 21.4 Å². The molecule has 90 valence electrons. The first kappa shape index (κ1) is 12.4. The van der Waals surface area contributed by atoms with Crippen LogP contribution in [-0.2, 0) is 24.5 Å². The van der Waals surface area contributed by atoms with E-state index in [-0.39, 0.29) is 0 Å². The van der Waals surface area contributed by atoms with Gasteiger partial charge in [0.1, 0.15) is 12.4 Å². The third-order valence-corrected chi connectivity index (χ3v) is 2.90. The van der Waals surface area contributed by atoms with Crippen LogP contribution >= 0.6 is 15.9 Å². The molecule has 2 rings (SSSR count). The number of ether oxygens (including phenoxy) is 1. The standard InChI is InChI=1S/C13H14BrNO2/c14-12-3-1-10(2-4-12)7-16-9-13-5-11(6-15)8-17-13/h1-5,8H,6-7,9,15H2. The molecule has 3 nitrogen and oxygen atoms in total. The van der Waals surface area contributed by atoms with Gasteiger partial charge in [0, 0.05) is 16.6 Å². The molecular formula is C13H14BrNO2. The summed E-state index contributed by atoms with van der Waals surface area (Å²) in [5, 5.41) is 0. The minimum atomic E-state index is 0.468. The van der Waals surface area contributed by atoms with Crippen LogP contribution in [0.2, 0.25) is 0 Å². The Morgan fingerprint density at radius 2 is 1.88 bits per heavy atom. The van der Waals surface area contributed by atoms with E-state index in [2.05, 4.69) is 15.9 Å². The van der Waals surface area contributed by atoms with Gasteiger partial charge in [0.05, 0.1) is 12.9 Å². The van der Waals surface area contributed by atoms with Crippen LogP contribution < -0.4 is 5.73 Å². The fourth-order valence-electron chi connectivity index (χ4n) is 1.46. The largest absolute Gasteiger partial charge is 0.467 e. The number of hydrogen-bond acceptors (Lipinski definition) is 3. The molecule has 1 aromatic heterocycles. The molecule has 0 amide bonds. The monoisotopic (exact) mass is 295 g/mol. The third kappa shape index (κ3) is 3.70. The van der Waals surface area contributed by atoms with Crippen LogP contribution in [-0.4, -0.2) is 0 Å². The third-order valence-electron chi connectivity index (χ3n) is 2.37. The van der Waals surface area contributed by atoms with Gasteiger partial charge < -0.3 is 14.9 Å². The first-order valence-corrected chi connectivity index (χ1v) is 6.16. The van der Waals surface area contributed by atoms with Gasteiger partial charge in [0.2, 0.25) is 0 Å². The van der Waals surface area contributed by atoms with Crippen molar-refractivity contribution >= 4 is 15.9 Å². The van der Waals surface area contributed by atoms with Gasteiger partial charge in [-0.1, -0.05) is 28.1 Å². The Kier molecular flexibility index (Phi) is 4.36. The lowest BCUT2D eigenvalue weighted by Crippen LogP contribution is -1.94. The molecule has 0 fully saturated rings. The van der Waals surface area contributed by atoms with Crippen molar-refractivity contribution in [2.45, 2.75) is 19.8 Å². The lowest BCUT2D eigenvalue weighted by molar-refractivity contribution is 0.0929. The maximum Gasteiger partial charge on any atom is 0.129 e. The summed E-state index contributed by atoms with van der Waals surface area (Å²) >= 11 is 3.39. The van der Waals surface area contributed by atoms with Gasteiger partial charge in [-0.25, -0.2) is 0 Å². The highest BCUT2D eigenvalue weighted by atomic mass is 79.9. The molecule has 0 aliphatic heterocycles. The highest BCUT2D eigenvalue weighted by Gasteiger charge is 2.01. The molecule has 0 radical (unpaired) electrons. The number of benzene rings is 1. The van der Waals surface area contributed by atoms with Gasteiger partial charge in [-0.2, -0.15) is 0 Å². The van der Waals surface area contributed by atoms with Crippen LogP contribution in [0.5, 0.6) is 0 Å². The Morgan fingerprint density at radius 3 is 2.53 bits per heavy atom. The Hall–Kier alpha value is -1.10. The minimum absolute atomic E-state index is 0.468. The summed E-state index contributed by atoms with van der Waals surface area (Å²) < 4.78 is 11.9. The van der Waals surface area contributed by atoms with Crippen LogP contribution in [0.3, 0.4) is 0 Å². The van der Waals surface area contributed by atoms with Gasteiger partial charge in [0.25, 0.3) is 0 Å². The smallest absolute Gasteiger partial charge is 0.129 e. The molecule has 2 N–H and O–H groups in total. The van der Waals surface area contributed by atoms with Gasteiger partial charge >= 0.3 is 0 Å². The average molecular weight is 296 g/mol. The Morgan fingerprint density at radius 1 is 1.12 bits per heavy atom. The van der Waals surface area contributed by atoms with E-state index in [1.54, 1.807) is 6.26 Å². The summed E-state index contributed by atoms with van der Waals surface area (Å²) in [6, 6.07) is 9.97. The highest BCUT2D eigenvalue weighted by molar-refractivity contribution is 9.10. The quantitative estimate of drug-likeness (QED) is 0.921. The summed E-state index contributed by atoms with van der Waals surface area (Å²) in [5.74, 6) is 0.808. The van der Waals surface area contributed by atoms with Crippen molar-refractivity contribution in [1.29, 1.82) is 0 Å². The topological polar surface area (TPSA) is 48.4 Å². The second kappa shape index (κ2) is 6.00. The maximum absolute atomic E-state index is 5.55. The molecule has 0 spiro atoms. The Bertz CT molecular complexity index is 465. The fourth-order valence-corrected chi connectivity index (χ4v) is 1.72. The van der Waals surface area contributed by atoms with Crippen molar-refractivity contribution in [2.75, 3.05) is 0 Å². The molecule has 0 aliphatic rings. The molecule has 2 aromatic rings. The number of halogens is 1.